The van der Waals surface area contributed by atoms with E-state index in [4.69, 9.17) is 0 Å². The Labute approximate surface area is 130 Å². The number of rotatable bonds is 4. The summed E-state index contributed by atoms with van der Waals surface area (Å²) in [5.74, 6) is 0.542. The fourth-order valence-electron chi connectivity index (χ4n) is 2.15. The fraction of sp³-hybridized carbons (Fsp3) is 0.200. The predicted molar refractivity (Wildman–Crippen MR) is 81.7 cm³/mol. The number of nitrogens with zero attached hydrogens (tertiary/aromatic N) is 4. The van der Waals surface area contributed by atoms with Crippen molar-refractivity contribution in [2.75, 3.05) is 5.75 Å². The van der Waals surface area contributed by atoms with Gasteiger partial charge in [-0.15, -0.1) is 10.2 Å². The highest BCUT2D eigenvalue weighted by atomic mass is 32.2. The molecule has 3 aromatic rings. The summed E-state index contributed by atoms with van der Waals surface area (Å²) in [5, 5.41) is 8.82. The average molecular weight is 316 g/mol. The molecular weight excluding hydrogens is 303 g/mol. The third kappa shape index (κ3) is 2.85. The molecule has 3 rings (SSSR count). The second-order valence-electron chi connectivity index (χ2n) is 4.84. The molecule has 0 unspecified atom stereocenters. The van der Waals surface area contributed by atoms with Crippen molar-refractivity contribution in [2.24, 2.45) is 0 Å². The molecule has 0 saturated heterocycles. The van der Waals surface area contributed by atoms with Crippen molar-refractivity contribution in [3.05, 3.63) is 53.2 Å². The number of halogens is 1. The summed E-state index contributed by atoms with van der Waals surface area (Å²) in [6.07, 6.45) is 0. The summed E-state index contributed by atoms with van der Waals surface area (Å²) in [5.41, 5.74) is 2.06. The normalized spacial score (nSPS) is 11.0. The Hall–Kier alpha value is -2.28. The van der Waals surface area contributed by atoms with Crippen LogP contribution in [-0.4, -0.2) is 31.1 Å². The van der Waals surface area contributed by atoms with Crippen molar-refractivity contribution in [3.63, 3.8) is 0 Å². The fourth-order valence-corrected chi connectivity index (χ4v) is 3.03. The molecule has 1 aromatic carbocycles. The first-order valence-electron chi connectivity index (χ1n) is 6.65. The third-order valence-corrected chi connectivity index (χ3v) is 4.09. The topological polar surface area (TPSA) is 60.2 Å². The molecule has 0 aliphatic rings. The number of fused-ring (bicyclic) bond motifs is 1. The van der Waals surface area contributed by atoms with E-state index < -0.39 is 0 Å². The van der Waals surface area contributed by atoms with Crippen molar-refractivity contribution >= 4 is 23.2 Å². The summed E-state index contributed by atoms with van der Waals surface area (Å²) in [4.78, 5) is 16.5. The zero-order valence-electron chi connectivity index (χ0n) is 12.1. The minimum absolute atomic E-state index is 0.0838. The summed E-state index contributed by atoms with van der Waals surface area (Å²) in [6, 6.07) is 7.36. The molecule has 0 bridgehead atoms. The first-order chi connectivity index (χ1) is 10.5. The van der Waals surface area contributed by atoms with Crippen LogP contribution in [0, 0.1) is 19.7 Å². The number of thioether (sulfide) groups is 1. The van der Waals surface area contributed by atoms with Crippen LogP contribution >= 0.6 is 11.8 Å². The first kappa shape index (κ1) is 14.6. The Morgan fingerprint density at radius 3 is 2.68 bits per heavy atom. The number of carbonyl (C=O) groups excluding carboxylic acids is 1. The SMILES string of the molecule is Cc1cc2nnc(SCC(=O)c3ccc(F)cc3)n2c(C)n1. The van der Waals surface area contributed by atoms with Gasteiger partial charge in [0, 0.05) is 17.3 Å². The molecule has 0 fully saturated rings. The molecule has 0 spiro atoms. The maximum Gasteiger partial charge on any atom is 0.197 e. The second kappa shape index (κ2) is 5.84. The summed E-state index contributed by atoms with van der Waals surface area (Å²) in [6.45, 7) is 3.77. The highest BCUT2D eigenvalue weighted by molar-refractivity contribution is 7.99. The van der Waals surface area contributed by atoms with Gasteiger partial charge in [-0.25, -0.2) is 9.37 Å². The molecule has 0 aliphatic heterocycles. The minimum Gasteiger partial charge on any atom is -0.293 e. The summed E-state index contributed by atoms with van der Waals surface area (Å²) >= 11 is 1.29. The van der Waals surface area contributed by atoms with Gasteiger partial charge >= 0.3 is 0 Å². The number of carbonyl (C=O) groups is 1. The van der Waals surface area contributed by atoms with E-state index in [0.717, 1.165) is 11.5 Å². The lowest BCUT2D eigenvalue weighted by atomic mass is 10.1. The average Bonchev–Trinajstić information content (AvgIpc) is 2.88. The van der Waals surface area contributed by atoms with Crippen LogP contribution in [0.3, 0.4) is 0 Å². The molecule has 0 aliphatic carbocycles. The lowest BCUT2D eigenvalue weighted by molar-refractivity contribution is 0.102. The number of hydrogen-bond acceptors (Lipinski definition) is 5. The highest BCUT2D eigenvalue weighted by Gasteiger charge is 2.13. The van der Waals surface area contributed by atoms with Crippen molar-refractivity contribution in [1.82, 2.24) is 19.6 Å². The van der Waals surface area contributed by atoms with Gasteiger partial charge in [-0.3, -0.25) is 9.20 Å². The molecule has 0 atom stereocenters. The number of aromatic nitrogens is 4. The van der Waals surface area contributed by atoms with E-state index >= 15 is 0 Å². The maximum atomic E-state index is 12.9. The monoisotopic (exact) mass is 316 g/mol. The van der Waals surface area contributed by atoms with E-state index in [-0.39, 0.29) is 17.4 Å². The molecule has 2 heterocycles. The Bertz CT molecular complexity index is 845. The molecule has 7 heteroatoms. The third-order valence-electron chi connectivity index (χ3n) is 3.16. The van der Waals surface area contributed by atoms with Gasteiger partial charge in [0.25, 0.3) is 0 Å². The number of aryl methyl sites for hydroxylation is 2. The quantitative estimate of drug-likeness (QED) is 0.547. The second-order valence-corrected chi connectivity index (χ2v) is 5.78. The Balaban J connectivity index is 1.79. The maximum absolute atomic E-state index is 12.9. The van der Waals surface area contributed by atoms with Gasteiger partial charge in [0.2, 0.25) is 0 Å². The van der Waals surface area contributed by atoms with Crippen molar-refractivity contribution < 1.29 is 9.18 Å². The van der Waals surface area contributed by atoms with Gasteiger partial charge < -0.3 is 0 Å². The molecule has 0 radical (unpaired) electrons. The van der Waals surface area contributed by atoms with Crippen LogP contribution < -0.4 is 0 Å². The zero-order valence-corrected chi connectivity index (χ0v) is 12.9. The van der Waals surface area contributed by atoms with E-state index in [1.165, 1.54) is 36.0 Å². The van der Waals surface area contributed by atoms with Crippen LogP contribution in [0.25, 0.3) is 5.65 Å². The van der Waals surface area contributed by atoms with Gasteiger partial charge in [0.05, 0.1) is 5.75 Å². The van der Waals surface area contributed by atoms with E-state index in [2.05, 4.69) is 15.2 Å². The molecular formula is C15H13FN4OS. The summed E-state index contributed by atoms with van der Waals surface area (Å²) < 4.78 is 14.7. The van der Waals surface area contributed by atoms with Gasteiger partial charge in [0.1, 0.15) is 11.6 Å². The smallest absolute Gasteiger partial charge is 0.197 e. The van der Waals surface area contributed by atoms with Crippen LogP contribution in [0.5, 0.6) is 0 Å². The van der Waals surface area contributed by atoms with Gasteiger partial charge in [0.15, 0.2) is 16.6 Å². The van der Waals surface area contributed by atoms with E-state index in [1.54, 1.807) is 0 Å². The van der Waals surface area contributed by atoms with Gasteiger partial charge in [-0.2, -0.15) is 0 Å². The van der Waals surface area contributed by atoms with Crippen LogP contribution in [0.15, 0.2) is 35.5 Å². The van der Waals surface area contributed by atoms with Crippen molar-refractivity contribution in [3.8, 4) is 0 Å². The molecule has 5 nitrogen and oxygen atoms in total. The van der Waals surface area contributed by atoms with Gasteiger partial charge in [-0.05, 0) is 38.1 Å². The van der Waals surface area contributed by atoms with Crippen LogP contribution in [0.2, 0.25) is 0 Å². The number of benzene rings is 1. The van der Waals surface area contributed by atoms with E-state index in [0.29, 0.717) is 16.4 Å². The number of ketones is 1. The summed E-state index contributed by atoms with van der Waals surface area (Å²) in [7, 11) is 0. The Morgan fingerprint density at radius 1 is 1.23 bits per heavy atom. The molecule has 2 aromatic heterocycles. The molecule has 0 amide bonds. The van der Waals surface area contributed by atoms with Crippen LogP contribution in [0.1, 0.15) is 21.9 Å². The molecule has 0 N–H and O–H groups in total. The van der Waals surface area contributed by atoms with E-state index in [9.17, 15) is 9.18 Å². The lowest BCUT2D eigenvalue weighted by Gasteiger charge is -2.04. The Morgan fingerprint density at radius 2 is 1.95 bits per heavy atom. The van der Waals surface area contributed by atoms with Crippen molar-refractivity contribution in [2.45, 2.75) is 19.0 Å². The van der Waals surface area contributed by atoms with Gasteiger partial charge in [-0.1, -0.05) is 11.8 Å². The molecule has 112 valence electrons. The number of hydrogen-bond donors (Lipinski definition) is 0. The van der Waals surface area contributed by atoms with E-state index in [1.807, 2.05) is 24.3 Å². The lowest BCUT2D eigenvalue weighted by Crippen LogP contribution is -2.04. The Kier molecular flexibility index (Phi) is 3.89. The van der Waals surface area contributed by atoms with Crippen LogP contribution in [0.4, 0.5) is 4.39 Å². The minimum atomic E-state index is -0.357. The van der Waals surface area contributed by atoms with Crippen LogP contribution in [-0.2, 0) is 0 Å². The predicted octanol–water partition coefficient (Wildman–Crippen LogP) is 2.86. The zero-order chi connectivity index (χ0) is 15.7. The number of Topliss-reactive ketones (excluding diaryl/α,β-unsaturated/α-hetero) is 1. The largest absolute Gasteiger partial charge is 0.293 e. The molecule has 0 saturated carbocycles. The molecule has 22 heavy (non-hydrogen) atoms. The highest BCUT2D eigenvalue weighted by Crippen LogP contribution is 2.20. The standard InChI is InChI=1S/C15H13FN4OS/c1-9-7-14-18-19-15(20(14)10(2)17-9)22-8-13(21)11-3-5-12(16)6-4-11/h3-7H,8H2,1-2H3. The first-order valence-corrected chi connectivity index (χ1v) is 7.64. The van der Waals surface area contributed by atoms with Crippen molar-refractivity contribution in [1.29, 1.82) is 0 Å².